The number of rotatable bonds is 6. The van der Waals surface area contributed by atoms with Crippen molar-refractivity contribution in [2.45, 2.75) is 39.1 Å². The predicted octanol–water partition coefficient (Wildman–Crippen LogP) is 3.04. The molecule has 10 heteroatoms. The van der Waals surface area contributed by atoms with Crippen molar-refractivity contribution in [2.24, 2.45) is 0 Å². The third kappa shape index (κ3) is 5.67. The molecule has 2 N–H and O–H groups in total. The van der Waals surface area contributed by atoms with E-state index in [1.807, 2.05) is 0 Å². The molecular weight excluding hydrogens is 341 g/mol. The van der Waals surface area contributed by atoms with Crippen LogP contribution in [0.3, 0.4) is 0 Å². The Morgan fingerprint density at radius 2 is 1.71 bits per heavy atom. The van der Waals surface area contributed by atoms with Crippen molar-refractivity contribution >= 4 is 11.9 Å². The zero-order valence-electron chi connectivity index (χ0n) is 12.6. The first-order valence-corrected chi connectivity index (χ1v) is 6.57. The Balaban J connectivity index is 3.00. The lowest BCUT2D eigenvalue weighted by molar-refractivity contribution is -0.157. The summed E-state index contributed by atoms with van der Waals surface area (Å²) < 4.78 is 65.8. The van der Waals surface area contributed by atoms with Gasteiger partial charge in [-0.05, 0) is 37.1 Å². The van der Waals surface area contributed by atoms with Crippen LogP contribution in [0, 0.1) is 13.8 Å². The molecule has 0 aliphatic rings. The number of alkyl halides is 5. The average molecular weight is 355 g/mol. The van der Waals surface area contributed by atoms with Crippen molar-refractivity contribution in [1.29, 1.82) is 0 Å². The minimum Gasteiger partial charge on any atom is -0.480 e. The van der Waals surface area contributed by atoms with Crippen molar-refractivity contribution in [3.8, 4) is 5.75 Å². The highest BCUT2D eigenvalue weighted by atomic mass is 19.4. The van der Waals surface area contributed by atoms with Gasteiger partial charge in [0.1, 0.15) is 11.8 Å². The normalized spacial score (nSPS) is 12.8. The SMILES string of the molecule is Cc1cc(C(=O)NC(CC(F)(F)F)C(=O)O)cc(C)c1OC(F)F. The van der Waals surface area contributed by atoms with Gasteiger partial charge in [0.25, 0.3) is 5.91 Å². The van der Waals surface area contributed by atoms with Crippen molar-refractivity contribution in [3.63, 3.8) is 0 Å². The Kier molecular flexibility index (Phi) is 6.10. The molecule has 1 rings (SSSR count). The predicted molar refractivity (Wildman–Crippen MR) is 72.1 cm³/mol. The van der Waals surface area contributed by atoms with E-state index in [1.54, 1.807) is 5.32 Å². The number of carboxylic acids is 1. The monoisotopic (exact) mass is 355 g/mol. The van der Waals surface area contributed by atoms with Gasteiger partial charge < -0.3 is 15.2 Å². The van der Waals surface area contributed by atoms with Gasteiger partial charge in [0.2, 0.25) is 0 Å². The van der Waals surface area contributed by atoms with E-state index in [0.29, 0.717) is 0 Å². The third-order valence-electron chi connectivity index (χ3n) is 2.97. The van der Waals surface area contributed by atoms with Gasteiger partial charge >= 0.3 is 18.8 Å². The second kappa shape index (κ2) is 7.45. The highest BCUT2D eigenvalue weighted by Gasteiger charge is 2.36. The summed E-state index contributed by atoms with van der Waals surface area (Å²) in [6.45, 7) is -0.345. The molecule has 0 saturated carbocycles. The first kappa shape index (κ1) is 19.7. The van der Waals surface area contributed by atoms with Crippen LogP contribution in [0.1, 0.15) is 27.9 Å². The summed E-state index contributed by atoms with van der Waals surface area (Å²) in [6.07, 6.45) is -6.52. The highest BCUT2D eigenvalue weighted by Crippen LogP contribution is 2.27. The van der Waals surface area contributed by atoms with Crippen LogP contribution < -0.4 is 10.1 Å². The van der Waals surface area contributed by atoms with Gasteiger partial charge in [0.05, 0.1) is 6.42 Å². The maximum Gasteiger partial charge on any atom is 0.391 e. The number of nitrogens with one attached hydrogen (secondary N) is 1. The van der Waals surface area contributed by atoms with Gasteiger partial charge in [0.15, 0.2) is 0 Å². The average Bonchev–Trinajstić information content (AvgIpc) is 2.39. The van der Waals surface area contributed by atoms with Gasteiger partial charge in [-0.25, -0.2) is 4.79 Å². The number of carbonyl (C=O) groups excluding carboxylic acids is 1. The van der Waals surface area contributed by atoms with Crippen LogP contribution >= 0.6 is 0 Å². The lowest BCUT2D eigenvalue weighted by Gasteiger charge is -2.17. The van der Waals surface area contributed by atoms with E-state index in [1.165, 1.54) is 13.8 Å². The van der Waals surface area contributed by atoms with E-state index in [4.69, 9.17) is 5.11 Å². The van der Waals surface area contributed by atoms with E-state index >= 15 is 0 Å². The molecule has 0 fully saturated rings. The number of hydrogen-bond acceptors (Lipinski definition) is 3. The van der Waals surface area contributed by atoms with Gasteiger partial charge in [-0.15, -0.1) is 0 Å². The molecule has 1 atom stereocenters. The summed E-state index contributed by atoms with van der Waals surface area (Å²) in [5.41, 5.74) is 0.145. The fourth-order valence-corrected chi connectivity index (χ4v) is 2.03. The molecule has 0 aliphatic carbocycles. The van der Waals surface area contributed by atoms with E-state index in [0.717, 1.165) is 12.1 Å². The van der Waals surface area contributed by atoms with Crippen molar-refractivity contribution in [1.82, 2.24) is 5.32 Å². The molecule has 0 heterocycles. The second-order valence-corrected chi connectivity index (χ2v) is 5.00. The third-order valence-corrected chi connectivity index (χ3v) is 2.97. The van der Waals surface area contributed by atoms with E-state index in [-0.39, 0.29) is 22.4 Å². The Morgan fingerprint density at radius 3 is 2.08 bits per heavy atom. The maximum absolute atomic E-state index is 12.3. The molecule has 0 radical (unpaired) electrons. The highest BCUT2D eigenvalue weighted by molar-refractivity contribution is 5.97. The lowest BCUT2D eigenvalue weighted by Crippen LogP contribution is -2.43. The van der Waals surface area contributed by atoms with Crippen LogP contribution in [0.4, 0.5) is 22.0 Å². The Labute approximate surface area is 133 Å². The summed E-state index contributed by atoms with van der Waals surface area (Å²) in [5, 5.41) is 10.5. The number of aliphatic carboxylic acids is 1. The van der Waals surface area contributed by atoms with Crippen molar-refractivity contribution in [3.05, 3.63) is 28.8 Å². The van der Waals surface area contributed by atoms with Gasteiger partial charge in [-0.3, -0.25) is 4.79 Å². The molecule has 24 heavy (non-hydrogen) atoms. The number of carbonyl (C=O) groups is 2. The molecule has 0 saturated heterocycles. The van der Waals surface area contributed by atoms with Crippen LogP contribution in [-0.2, 0) is 4.79 Å². The van der Waals surface area contributed by atoms with Crippen LogP contribution in [0.25, 0.3) is 0 Å². The zero-order chi connectivity index (χ0) is 18.7. The Bertz CT molecular complexity index is 607. The van der Waals surface area contributed by atoms with E-state index in [2.05, 4.69) is 4.74 Å². The zero-order valence-corrected chi connectivity index (χ0v) is 12.6. The first-order valence-electron chi connectivity index (χ1n) is 6.57. The number of benzene rings is 1. The molecular formula is C14H14F5NO4. The molecule has 0 bridgehead atoms. The molecule has 1 aromatic rings. The quantitative estimate of drug-likeness (QED) is 0.769. The number of carboxylic acid groups (broad SMARTS) is 1. The number of ether oxygens (including phenoxy) is 1. The largest absolute Gasteiger partial charge is 0.480 e. The molecule has 0 aromatic heterocycles. The van der Waals surface area contributed by atoms with Crippen LogP contribution in [0.5, 0.6) is 5.75 Å². The minimum atomic E-state index is -4.78. The Morgan fingerprint density at radius 1 is 1.21 bits per heavy atom. The molecule has 0 spiro atoms. The number of halogens is 5. The van der Waals surface area contributed by atoms with Crippen LogP contribution in [-0.4, -0.2) is 35.8 Å². The maximum atomic E-state index is 12.3. The van der Waals surface area contributed by atoms with Crippen LogP contribution in [0.2, 0.25) is 0 Å². The standard InChI is InChI=1S/C14H14F5NO4/c1-6-3-8(4-7(2)10(6)24-13(15)16)11(21)20-9(12(22)23)5-14(17,18)19/h3-4,9,13H,5H2,1-2H3,(H,20,21)(H,22,23). The first-order chi connectivity index (χ1) is 10.9. The lowest BCUT2D eigenvalue weighted by atomic mass is 10.0. The molecule has 5 nitrogen and oxygen atoms in total. The number of amides is 1. The van der Waals surface area contributed by atoms with E-state index < -0.39 is 37.1 Å². The van der Waals surface area contributed by atoms with Crippen molar-refractivity contribution < 1.29 is 41.4 Å². The van der Waals surface area contributed by atoms with Crippen molar-refractivity contribution in [2.75, 3.05) is 0 Å². The van der Waals surface area contributed by atoms with Gasteiger partial charge in [0, 0.05) is 5.56 Å². The molecule has 1 aromatic carbocycles. The van der Waals surface area contributed by atoms with E-state index in [9.17, 15) is 31.5 Å². The Hall–Kier alpha value is -2.39. The topological polar surface area (TPSA) is 75.6 Å². The molecule has 0 aliphatic heterocycles. The summed E-state index contributed by atoms with van der Waals surface area (Å²) in [7, 11) is 0. The van der Waals surface area contributed by atoms with Gasteiger partial charge in [-0.1, -0.05) is 0 Å². The summed E-state index contributed by atoms with van der Waals surface area (Å²) in [5.74, 6) is -3.07. The summed E-state index contributed by atoms with van der Waals surface area (Å²) in [6, 6.07) is 0.0779. The number of aryl methyl sites for hydroxylation is 2. The van der Waals surface area contributed by atoms with Gasteiger partial charge in [-0.2, -0.15) is 22.0 Å². The fraction of sp³-hybridized carbons (Fsp3) is 0.429. The second-order valence-electron chi connectivity index (χ2n) is 5.00. The molecule has 1 unspecified atom stereocenters. The fourth-order valence-electron chi connectivity index (χ4n) is 2.03. The minimum absolute atomic E-state index is 0.156. The summed E-state index contributed by atoms with van der Waals surface area (Å²) in [4.78, 5) is 22.8. The number of hydrogen-bond donors (Lipinski definition) is 2. The molecule has 1 amide bonds. The van der Waals surface area contributed by atoms with Crippen LogP contribution in [0.15, 0.2) is 12.1 Å². The summed E-state index contributed by atoms with van der Waals surface area (Å²) >= 11 is 0. The smallest absolute Gasteiger partial charge is 0.391 e. The molecule has 134 valence electrons.